The van der Waals surface area contributed by atoms with E-state index in [0.717, 1.165) is 12.8 Å². The van der Waals surface area contributed by atoms with Gasteiger partial charge in [0.1, 0.15) is 0 Å². The number of hydrogen-bond donors (Lipinski definition) is 3. The molecule has 0 aromatic heterocycles. The lowest BCUT2D eigenvalue weighted by Gasteiger charge is -2.11. The summed E-state index contributed by atoms with van der Waals surface area (Å²) >= 11 is 0. The Morgan fingerprint density at radius 1 is 1.07 bits per heavy atom. The normalized spacial score (nSPS) is 13.8. The fourth-order valence-corrected chi connectivity index (χ4v) is 3.90. The van der Waals surface area contributed by atoms with E-state index in [9.17, 15) is 18.0 Å². The summed E-state index contributed by atoms with van der Waals surface area (Å²) in [6.07, 6.45) is 1.80. The summed E-state index contributed by atoms with van der Waals surface area (Å²) in [4.78, 5) is 24.3. The van der Waals surface area contributed by atoms with Crippen molar-refractivity contribution in [1.29, 1.82) is 0 Å². The van der Waals surface area contributed by atoms with Gasteiger partial charge < -0.3 is 10.6 Å². The van der Waals surface area contributed by atoms with Gasteiger partial charge in [-0.2, -0.15) is 0 Å². The minimum absolute atomic E-state index is 0.0101. The smallest absolute Gasteiger partial charge is 0.255 e. The molecule has 2 aromatic carbocycles. The summed E-state index contributed by atoms with van der Waals surface area (Å²) in [5, 5.41) is 5.30. The number of anilines is 1. The molecule has 1 aliphatic carbocycles. The van der Waals surface area contributed by atoms with Crippen LogP contribution < -0.4 is 15.4 Å². The number of nitrogens with one attached hydrogen (secondary N) is 3. The molecular formula is C19H21N3O4S. The van der Waals surface area contributed by atoms with E-state index in [-0.39, 0.29) is 28.8 Å². The van der Waals surface area contributed by atoms with Crippen molar-refractivity contribution < 1.29 is 18.0 Å². The van der Waals surface area contributed by atoms with Crippen molar-refractivity contribution in [3.8, 4) is 0 Å². The number of para-hydroxylation sites is 1. The van der Waals surface area contributed by atoms with E-state index >= 15 is 0 Å². The van der Waals surface area contributed by atoms with Crippen molar-refractivity contribution in [3.05, 3.63) is 59.7 Å². The number of amides is 2. The lowest BCUT2D eigenvalue weighted by molar-refractivity contribution is -0.119. The van der Waals surface area contributed by atoms with E-state index in [0.29, 0.717) is 11.3 Å². The molecule has 0 unspecified atom stereocenters. The molecule has 0 aliphatic heterocycles. The van der Waals surface area contributed by atoms with E-state index in [1.54, 1.807) is 37.4 Å². The van der Waals surface area contributed by atoms with Crippen LogP contribution in [-0.2, 0) is 21.2 Å². The van der Waals surface area contributed by atoms with Crippen LogP contribution in [0.5, 0.6) is 0 Å². The summed E-state index contributed by atoms with van der Waals surface area (Å²) in [6.45, 7) is 0. The van der Waals surface area contributed by atoms with Gasteiger partial charge in [0.2, 0.25) is 15.9 Å². The predicted molar refractivity (Wildman–Crippen MR) is 102 cm³/mol. The van der Waals surface area contributed by atoms with Crippen LogP contribution >= 0.6 is 0 Å². The van der Waals surface area contributed by atoms with Crippen LogP contribution in [0.2, 0.25) is 0 Å². The first-order chi connectivity index (χ1) is 12.9. The first-order valence-electron chi connectivity index (χ1n) is 8.61. The minimum atomic E-state index is -3.64. The second-order valence-electron chi connectivity index (χ2n) is 6.38. The molecule has 0 heterocycles. The first kappa shape index (κ1) is 19.1. The number of carbonyl (C=O) groups excluding carboxylic acids is 2. The highest BCUT2D eigenvalue weighted by atomic mass is 32.2. The third kappa shape index (κ3) is 4.93. The molecule has 3 N–H and O–H groups in total. The molecule has 1 saturated carbocycles. The zero-order valence-corrected chi connectivity index (χ0v) is 15.7. The Morgan fingerprint density at radius 3 is 2.52 bits per heavy atom. The zero-order valence-electron chi connectivity index (χ0n) is 14.9. The van der Waals surface area contributed by atoms with Crippen molar-refractivity contribution in [2.45, 2.75) is 30.2 Å². The fraction of sp³-hybridized carbons (Fsp3) is 0.263. The number of hydrogen-bond acceptors (Lipinski definition) is 4. The van der Waals surface area contributed by atoms with Crippen LogP contribution in [0.25, 0.3) is 0 Å². The Kier molecular flexibility index (Phi) is 5.57. The molecule has 1 aliphatic rings. The van der Waals surface area contributed by atoms with Crippen LogP contribution in [0.1, 0.15) is 28.8 Å². The lowest BCUT2D eigenvalue weighted by atomic mass is 10.1. The van der Waals surface area contributed by atoms with Crippen LogP contribution in [0.4, 0.5) is 5.69 Å². The van der Waals surface area contributed by atoms with Gasteiger partial charge in [-0.05, 0) is 42.7 Å². The Morgan fingerprint density at radius 2 is 1.81 bits per heavy atom. The lowest BCUT2D eigenvalue weighted by Crippen LogP contribution is -2.26. The number of sulfonamides is 1. The largest absolute Gasteiger partial charge is 0.359 e. The highest BCUT2D eigenvalue weighted by Crippen LogP contribution is 2.23. The highest BCUT2D eigenvalue weighted by molar-refractivity contribution is 7.89. The predicted octanol–water partition coefficient (Wildman–Crippen LogP) is 1.67. The Bertz CT molecular complexity index is 968. The third-order valence-corrected chi connectivity index (χ3v) is 5.72. The highest BCUT2D eigenvalue weighted by Gasteiger charge is 2.28. The standard InChI is InChI=1S/C19H21N3O4S/c1-20-18(23)12-13-5-2-3-8-17(13)21-19(24)14-6-4-7-16(11-14)27(25,26)22-15-9-10-15/h2-8,11,15,22H,9-10,12H2,1H3,(H,20,23)(H,21,24). The van der Waals surface area contributed by atoms with E-state index in [1.807, 2.05) is 0 Å². The molecule has 0 spiro atoms. The number of benzene rings is 2. The van der Waals surface area contributed by atoms with Crippen LogP contribution in [0.3, 0.4) is 0 Å². The molecule has 8 heteroatoms. The maximum Gasteiger partial charge on any atom is 0.255 e. The Hall–Kier alpha value is -2.71. The molecule has 142 valence electrons. The van der Waals surface area contributed by atoms with Crippen molar-refractivity contribution in [2.75, 3.05) is 12.4 Å². The third-order valence-electron chi connectivity index (χ3n) is 4.20. The van der Waals surface area contributed by atoms with Gasteiger partial charge in [-0.25, -0.2) is 13.1 Å². The summed E-state index contributed by atoms with van der Waals surface area (Å²) in [5.41, 5.74) is 1.41. The molecule has 0 atom stereocenters. The van der Waals surface area contributed by atoms with E-state index in [4.69, 9.17) is 0 Å². The van der Waals surface area contributed by atoms with Crippen LogP contribution in [-0.4, -0.2) is 33.3 Å². The number of rotatable bonds is 7. The molecule has 2 aromatic rings. The molecule has 0 saturated heterocycles. The van der Waals surface area contributed by atoms with Gasteiger partial charge in [0.25, 0.3) is 5.91 Å². The molecule has 0 radical (unpaired) electrons. The van der Waals surface area contributed by atoms with Crippen molar-refractivity contribution in [1.82, 2.24) is 10.0 Å². The molecule has 0 bridgehead atoms. The van der Waals surface area contributed by atoms with E-state index < -0.39 is 15.9 Å². The Labute approximate surface area is 158 Å². The number of carbonyl (C=O) groups is 2. The average Bonchev–Trinajstić information content (AvgIpc) is 3.46. The monoisotopic (exact) mass is 387 g/mol. The van der Waals surface area contributed by atoms with Gasteiger partial charge in [0.05, 0.1) is 11.3 Å². The van der Waals surface area contributed by atoms with Gasteiger partial charge in [-0.15, -0.1) is 0 Å². The second kappa shape index (κ2) is 7.89. The van der Waals surface area contributed by atoms with Crippen molar-refractivity contribution >= 4 is 27.5 Å². The first-order valence-corrected chi connectivity index (χ1v) is 10.1. The van der Waals surface area contributed by atoms with Crippen molar-refractivity contribution in [2.24, 2.45) is 0 Å². The molecule has 7 nitrogen and oxygen atoms in total. The molecule has 3 rings (SSSR count). The minimum Gasteiger partial charge on any atom is -0.359 e. The second-order valence-corrected chi connectivity index (χ2v) is 8.10. The quantitative estimate of drug-likeness (QED) is 0.672. The molecule has 1 fully saturated rings. The zero-order chi connectivity index (χ0) is 19.4. The van der Waals surface area contributed by atoms with Crippen LogP contribution in [0, 0.1) is 0 Å². The summed E-state index contributed by atoms with van der Waals surface area (Å²) in [5.74, 6) is -0.612. The molecule has 27 heavy (non-hydrogen) atoms. The Balaban J connectivity index is 1.79. The fourth-order valence-electron chi connectivity index (χ4n) is 2.55. The van der Waals surface area contributed by atoms with Crippen LogP contribution in [0.15, 0.2) is 53.4 Å². The summed E-state index contributed by atoms with van der Waals surface area (Å²) in [7, 11) is -2.09. The van der Waals surface area contributed by atoms with E-state index in [2.05, 4.69) is 15.4 Å². The van der Waals surface area contributed by atoms with Gasteiger partial charge >= 0.3 is 0 Å². The SMILES string of the molecule is CNC(=O)Cc1ccccc1NC(=O)c1cccc(S(=O)(=O)NC2CC2)c1. The van der Waals surface area contributed by atoms with Gasteiger partial charge in [-0.1, -0.05) is 24.3 Å². The molecule has 2 amide bonds. The van der Waals surface area contributed by atoms with Crippen molar-refractivity contribution in [3.63, 3.8) is 0 Å². The van der Waals surface area contributed by atoms with Gasteiger partial charge in [-0.3, -0.25) is 9.59 Å². The summed E-state index contributed by atoms with van der Waals surface area (Å²) in [6, 6.07) is 12.9. The maximum atomic E-state index is 12.6. The van der Waals surface area contributed by atoms with Gasteiger partial charge in [0, 0.05) is 24.3 Å². The summed E-state index contributed by atoms with van der Waals surface area (Å²) < 4.78 is 27.3. The van der Waals surface area contributed by atoms with E-state index in [1.165, 1.54) is 18.2 Å². The topological polar surface area (TPSA) is 104 Å². The number of likely N-dealkylation sites (N-methyl/N-ethyl adjacent to an activating group) is 1. The molecular weight excluding hydrogens is 366 g/mol. The maximum absolute atomic E-state index is 12.6. The van der Waals surface area contributed by atoms with Gasteiger partial charge in [0.15, 0.2) is 0 Å². The average molecular weight is 387 g/mol.